The van der Waals surface area contributed by atoms with Gasteiger partial charge in [0, 0.05) is 0 Å². The van der Waals surface area contributed by atoms with Gasteiger partial charge in [0.2, 0.25) is 0 Å². The summed E-state index contributed by atoms with van der Waals surface area (Å²) >= 11 is 0. The molecule has 0 saturated carbocycles. The highest BCUT2D eigenvalue weighted by molar-refractivity contribution is 7.41. The molecule has 3 nitrogen and oxygen atoms in total. The molecule has 0 atom stereocenters. The van der Waals surface area contributed by atoms with Gasteiger partial charge in [-0.1, -0.05) is 0 Å². The molecule has 0 aromatic rings. The molecule has 0 aliphatic rings. The predicted molar refractivity (Wildman–Crippen MR) is 57.0 cm³/mol. The molecule has 0 rings (SSSR count). The van der Waals surface area contributed by atoms with Crippen LogP contribution in [-0.4, -0.2) is 18.3 Å². The second kappa shape index (κ2) is 6.72. The Kier molecular flexibility index (Phi) is 6.88. The van der Waals surface area contributed by atoms with E-state index in [0.717, 1.165) is 0 Å². The molecule has 0 aromatic carbocycles. The minimum atomic E-state index is -1.54. The van der Waals surface area contributed by atoms with Gasteiger partial charge < -0.3 is 0 Å². The Balaban J connectivity index is 3.87. The summed E-state index contributed by atoms with van der Waals surface area (Å²) in [4.78, 5) is 0. The molecule has 0 saturated heterocycles. The van der Waals surface area contributed by atoms with Gasteiger partial charge >= 0.3 is 8.60 Å². The van der Waals surface area contributed by atoms with Gasteiger partial charge in [-0.3, -0.25) is 0 Å². The van der Waals surface area contributed by atoms with Crippen LogP contribution in [-0.2, 0) is 13.6 Å². The zero-order valence-electron chi connectivity index (χ0n) is 9.46. The second-order valence-electron chi connectivity index (χ2n) is 3.75. The highest BCUT2D eigenvalue weighted by atomic mass is 31.2. The van der Waals surface area contributed by atoms with E-state index < -0.39 is 8.60 Å². The largest absolute Gasteiger partial charge is 0.398 e. The van der Waals surface area contributed by atoms with E-state index in [-0.39, 0.29) is 18.3 Å². The van der Waals surface area contributed by atoms with E-state index in [0.29, 0.717) is 0 Å². The quantitative estimate of drug-likeness (QED) is 0.628. The van der Waals surface area contributed by atoms with Crippen LogP contribution < -0.4 is 0 Å². The fourth-order valence-electron chi connectivity index (χ4n) is 0.661. The third-order valence-electron chi connectivity index (χ3n) is 0.996. The van der Waals surface area contributed by atoms with Crippen LogP contribution in [0.5, 0.6) is 0 Å². The van der Waals surface area contributed by atoms with Crippen LogP contribution in [0.2, 0.25) is 0 Å². The van der Waals surface area contributed by atoms with Gasteiger partial charge in [-0.05, 0) is 41.5 Å². The lowest BCUT2D eigenvalue weighted by Gasteiger charge is -2.14. The summed E-state index contributed by atoms with van der Waals surface area (Å²) in [6.45, 7) is 11.9. The molecule has 0 amide bonds. The monoisotopic (exact) mass is 209 g/mol. The normalized spacial score (nSPS) is 12.5. The van der Waals surface area contributed by atoms with E-state index in [1.807, 2.05) is 41.5 Å². The van der Waals surface area contributed by atoms with Crippen molar-refractivity contribution in [2.45, 2.75) is 59.9 Å². The van der Waals surface area contributed by atoms with Crippen molar-refractivity contribution in [2.75, 3.05) is 0 Å². The summed E-state index contributed by atoms with van der Waals surface area (Å²) in [5, 5.41) is 0. The van der Waals surface area contributed by atoms with E-state index in [9.17, 15) is 0 Å². The maximum atomic E-state index is 5.53. The number of rotatable bonds is 6. The lowest BCUT2D eigenvalue weighted by atomic mass is 10.5. The average Bonchev–Trinajstić information content (AvgIpc) is 1.80. The lowest BCUT2D eigenvalue weighted by Crippen LogP contribution is -2.09. The highest BCUT2D eigenvalue weighted by Gasteiger charge is 2.25. The molecule has 0 spiro atoms. The molecular weight excluding hydrogens is 187 g/mol. The SMILES string of the molecule is CC(C)O[PH+](OC(C)C)OC(C)C. The Bertz CT molecular complexity index is 102. The second-order valence-corrected chi connectivity index (χ2v) is 4.96. The Morgan fingerprint density at radius 1 is 0.615 bits per heavy atom. The topological polar surface area (TPSA) is 27.7 Å². The van der Waals surface area contributed by atoms with Gasteiger partial charge in [-0.15, -0.1) is 0 Å². The minimum absolute atomic E-state index is 0.159. The summed E-state index contributed by atoms with van der Waals surface area (Å²) in [6, 6.07) is 0. The minimum Gasteiger partial charge on any atom is -0.177 e. The first-order valence-corrected chi connectivity index (χ1v) is 6.01. The fraction of sp³-hybridized carbons (Fsp3) is 1.00. The van der Waals surface area contributed by atoms with E-state index in [2.05, 4.69) is 0 Å². The van der Waals surface area contributed by atoms with Crippen molar-refractivity contribution in [2.24, 2.45) is 0 Å². The molecular formula is C9H22O3P+. The molecule has 0 radical (unpaired) electrons. The van der Waals surface area contributed by atoms with Crippen molar-refractivity contribution in [3.63, 3.8) is 0 Å². The zero-order valence-corrected chi connectivity index (χ0v) is 10.5. The van der Waals surface area contributed by atoms with Crippen molar-refractivity contribution < 1.29 is 13.6 Å². The van der Waals surface area contributed by atoms with Crippen molar-refractivity contribution in [1.29, 1.82) is 0 Å². The zero-order chi connectivity index (χ0) is 10.4. The molecule has 0 heterocycles. The van der Waals surface area contributed by atoms with Crippen molar-refractivity contribution in [1.82, 2.24) is 0 Å². The van der Waals surface area contributed by atoms with E-state index >= 15 is 0 Å². The number of hydrogen-bond donors (Lipinski definition) is 0. The van der Waals surface area contributed by atoms with Gasteiger partial charge in [0.25, 0.3) is 0 Å². The van der Waals surface area contributed by atoms with E-state index in [1.165, 1.54) is 0 Å². The standard InChI is InChI=1S/C9H22O3P/c1-7(2)10-13(11-8(3)4)12-9(5)6/h7-9,13H,1-6H3/q+1. The molecule has 0 unspecified atom stereocenters. The third-order valence-corrected chi connectivity index (χ3v) is 2.99. The molecule has 0 bridgehead atoms. The molecule has 80 valence electrons. The summed E-state index contributed by atoms with van der Waals surface area (Å²) in [6.07, 6.45) is 0.476. The van der Waals surface area contributed by atoms with Gasteiger partial charge in [-0.25, -0.2) is 0 Å². The van der Waals surface area contributed by atoms with Crippen molar-refractivity contribution in [3.8, 4) is 0 Å². The first-order chi connectivity index (χ1) is 5.91. The van der Waals surface area contributed by atoms with Gasteiger partial charge in [-0.2, -0.15) is 13.6 Å². The van der Waals surface area contributed by atoms with E-state index in [4.69, 9.17) is 13.6 Å². The molecule has 0 fully saturated rings. The Morgan fingerprint density at radius 2 is 0.846 bits per heavy atom. The van der Waals surface area contributed by atoms with E-state index in [1.54, 1.807) is 0 Å². The van der Waals surface area contributed by atoms with Crippen molar-refractivity contribution >= 4 is 8.60 Å². The van der Waals surface area contributed by atoms with Crippen LogP contribution >= 0.6 is 8.60 Å². The Hall–Kier alpha value is 0.310. The van der Waals surface area contributed by atoms with Gasteiger partial charge in [0.05, 0.1) is 0 Å². The fourth-order valence-corrected chi connectivity index (χ4v) is 1.98. The molecule has 13 heavy (non-hydrogen) atoms. The molecule has 0 N–H and O–H groups in total. The lowest BCUT2D eigenvalue weighted by molar-refractivity contribution is 0.0945. The maximum absolute atomic E-state index is 5.53. The molecule has 0 aliphatic heterocycles. The summed E-state index contributed by atoms with van der Waals surface area (Å²) in [5.41, 5.74) is 0. The van der Waals surface area contributed by atoms with Gasteiger partial charge in [0.1, 0.15) is 18.3 Å². The summed E-state index contributed by atoms with van der Waals surface area (Å²) < 4.78 is 16.6. The molecule has 0 aliphatic carbocycles. The number of hydrogen-bond acceptors (Lipinski definition) is 3. The summed E-state index contributed by atoms with van der Waals surface area (Å²) in [7, 11) is -1.54. The average molecular weight is 209 g/mol. The molecule has 0 aromatic heterocycles. The Labute approximate surface area is 82.8 Å². The van der Waals surface area contributed by atoms with Crippen LogP contribution in [0.3, 0.4) is 0 Å². The first-order valence-electron chi connectivity index (χ1n) is 4.78. The van der Waals surface area contributed by atoms with Crippen LogP contribution in [0.1, 0.15) is 41.5 Å². The highest BCUT2D eigenvalue weighted by Crippen LogP contribution is 2.43. The Morgan fingerprint density at radius 3 is 1.00 bits per heavy atom. The van der Waals surface area contributed by atoms with Crippen LogP contribution in [0.4, 0.5) is 0 Å². The van der Waals surface area contributed by atoms with Gasteiger partial charge in [0.15, 0.2) is 0 Å². The van der Waals surface area contributed by atoms with Crippen molar-refractivity contribution in [3.05, 3.63) is 0 Å². The first kappa shape index (κ1) is 13.3. The molecule has 4 heteroatoms. The predicted octanol–water partition coefficient (Wildman–Crippen LogP) is 3.22. The smallest absolute Gasteiger partial charge is 0.177 e. The third kappa shape index (κ3) is 8.63. The maximum Gasteiger partial charge on any atom is 0.398 e. The van der Waals surface area contributed by atoms with Crippen LogP contribution in [0, 0.1) is 0 Å². The van der Waals surface area contributed by atoms with Crippen LogP contribution in [0.15, 0.2) is 0 Å². The van der Waals surface area contributed by atoms with Crippen LogP contribution in [0.25, 0.3) is 0 Å². The summed E-state index contributed by atoms with van der Waals surface area (Å²) in [5.74, 6) is 0.